The fourth-order valence-electron chi connectivity index (χ4n) is 2.30. The first-order valence-electron chi connectivity index (χ1n) is 5.81. The van der Waals surface area contributed by atoms with Gasteiger partial charge in [0.25, 0.3) is 5.91 Å². The summed E-state index contributed by atoms with van der Waals surface area (Å²) < 4.78 is 6.68. The predicted octanol–water partition coefficient (Wildman–Crippen LogP) is 2.16. The van der Waals surface area contributed by atoms with Gasteiger partial charge < -0.3 is 10.5 Å². The second-order valence-electron chi connectivity index (χ2n) is 4.41. The van der Waals surface area contributed by atoms with Crippen LogP contribution in [0.1, 0.15) is 11.1 Å². The van der Waals surface area contributed by atoms with Crippen molar-refractivity contribution in [2.45, 2.75) is 12.0 Å². The highest BCUT2D eigenvalue weighted by Crippen LogP contribution is 2.42. The molecule has 0 spiro atoms. The standard InChI is InChI=1S/C14H11BrN2O2/c15-11-6-7-17-12-10(11)8-14(19-12,13(16)18)9-4-2-1-3-5-9/h1-7H,8H2,(H2,16,18)/t14-/m0/s1. The largest absolute Gasteiger partial charge is 0.455 e. The van der Waals surface area contributed by atoms with E-state index in [0.29, 0.717) is 12.3 Å². The van der Waals surface area contributed by atoms with E-state index in [9.17, 15) is 4.79 Å². The van der Waals surface area contributed by atoms with E-state index in [1.165, 1.54) is 0 Å². The highest BCUT2D eigenvalue weighted by molar-refractivity contribution is 9.10. The Balaban J connectivity index is 2.13. The van der Waals surface area contributed by atoms with Crippen molar-refractivity contribution in [2.24, 2.45) is 5.73 Å². The normalized spacial score (nSPS) is 20.7. The fraction of sp³-hybridized carbons (Fsp3) is 0.143. The van der Waals surface area contributed by atoms with Gasteiger partial charge in [-0.1, -0.05) is 46.3 Å². The number of amides is 1. The number of halogens is 1. The number of fused-ring (bicyclic) bond motifs is 1. The number of nitrogens with two attached hydrogens (primary N) is 1. The molecule has 2 N–H and O–H groups in total. The molecule has 0 aliphatic carbocycles. The van der Waals surface area contributed by atoms with Gasteiger partial charge in [-0.2, -0.15) is 0 Å². The molecule has 0 unspecified atom stereocenters. The molecule has 4 nitrogen and oxygen atoms in total. The maximum atomic E-state index is 12.0. The molecule has 0 bridgehead atoms. The highest BCUT2D eigenvalue weighted by atomic mass is 79.9. The predicted molar refractivity (Wildman–Crippen MR) is 73.6 cm³/mol. The van der Waals surface area contributed by atoms with Crippen molar-refractivity contribution in [3.8, 4) is 5.88 Å². The third-order valence-corrected chi connectivity index (χ3v) is 4.04. The van der Waals surface area contributed by atoms with Gasteiger partial charge in [0, 0.05) is 28.2 Å². The van der Waals surface area contributed by atoms with Crippen LogP contribution in [0.2, 0.25) is 0 Å². The van der Waals surface area contributed by atoms with Gasteiger partial charge >= 0.3 is 0 Å². The zero-order valence-electron chi connectivity index (χ0n) is 9.97. The first kappa shape index (κ1) is 12.2. The molecule has 1 aliphatic heterocycles. The summed E-state index contributed by atoms with van der Waals surface area (Å²) in [6, 6.07) is 11.1. The third kappa shape index (κ3) is 1.81. The van der Waals surface area contributed by atoms with E-state index in [-0.39, 0.29) is 0 Å². The molecule has 2 aromatic rings. The number of primary amides is 1. The lowest BCUT2D eigenvalue weighted by atomic mass is 9.89. The van der Waals surface area contributed by atoms with Crippen molar-refractivity contribution in [1.29, 1.82) is 0 Å². The molecule has 0 saturated carbocycles. The van der Waals surface area contributed by atoms with E-state index in [4.69, 9.17) is 10.5 Å². The number of nitrogens with zero attached hydrogens (tertiary/aromatic N) is 1. The zero-order valence-corrected chi connectivity index (χ0v) is 11.6. The summed E-state index contributed by atoms with van der Waals surface area (Å²) >= 11 is 3.45. The number of pyridine rings is 1. The van der Waals surface area contributed by atoms with Crippen LogP contribution < -0.4 is 10.5 Å². The molecule has 19 heavy (non-hydrogen) atoms. The molecular formula is C14H11BrN2O2. The van der Waals surface area contributed by atoms with Crippen molar-refractivity contribution in [3.05, 3.63) is 58.2 Å². The molecule has 1 aromatic carbocycles. The topological polar surface area (TPSA) is 65.2 Å². The summed E-state index contributed by atoms with van der Waals surface area (Å²) in [4.78, 5) is 16.1. The minimum Gasteiger partial charge on any atom is -0.455 e. The lowest BCUT2D eigenvalue weighted by Crippen LogP contribution is -2.45. The summed E-state index contributed by atoms with van der Waals surface area (Å²) in [5, 5.41) is 0. The number of hydrogen-bond donors (Lipinski definition) is 1. The number of rotatable bonds is 2. The number of ether oxygens (including phenoxy) is 1. The summed E-state index contributed by atoms with van der Waals surface area (Å²) in [6.07, 6.45) is 2.01. The maximum absolute atomic E-state index is 12.0. The third-order valence-electron chi connectivity index (χ3n) is 3.29. The van der Waals surface area contributed by atoms with Crippen molar-refractivity contribution >= 4 is 21.8 Å². The lowest BCUT2D eigenvalue weighted by molar-refractivity contribution is -0.133. The van der Waals surface area contributed by atoms with Crippen LogP contribution in [0.5, 0.6) is 5.88 Å². The van der Waals surface area contributed by atoms with E-state index < -0.39 is 11.5 Å². The van der Waals surface area contributed by atoms with Crippen molar-refractivity contribution in [2.75, 3.05) is 0 Å². The second kappa shape index (κ2) is 4.35. The Morgan fingerprint density at radius 3 is 2.68 bits per heavy atom. The minimum absolute atomic E-state index is 0.385. The number of aromatic nitrogens is 1. The number of carbonyl (C=O) groups excluding carboxylic acids is 1. The molecule has 5 heteroatoms. The van der Waals surface area contributed by atoms with Crippen LogP contribution in [-0.4, -0.2) is 10.9 Å². The van der Waals surface area contributed by atoms with Crippen molar-refractivity contribution in [1.82, 2.24) is 4.98 Å². The highest BCUT2D eigenvalue weighted by Gasteiger charge is 2.47. The SMILES string of the molecule is NC(=O)[C@@]1(c2ccccc2)Cc2c(Br)ccnc2O1. The quantitative estimate of drug-likeness (QED) is 0.922. The number of carbonyl (C=O) groups is 1. The Bertz CT molecular complexity index is 645. The van der Waals surface area contributed by atoms with E-state index >= 15 is 0 Å². The van der Waals surface area contributed by atoms with Gasteiger partial charge in [-0.05, 0) is 6.07 Å². The van der Waals surface area contributed by atoms with E-state index in [1.807, 2.05) is 36.4 Å². The van der Waals surface area contributed by atoms with Crippen LogP contribution in [0.15, 0.2) is 47.1 Å². The summed E-state index contributed by atoms with van der Waals surface area (Å²) in [5.74, 6) is -0.0550. The van der Waals surface area contributed by atoms with Gasteiger partial charge in [0.2, 0.25) is 11.5 Å². The van der Waals surface area contributed by atoms with E-state index in [1.54, 1.807) is 6.20 Å². The molecule has 1 aromatic heterocycles. The molecule has 0 radical (unpaired) electrons. The smallest absolute Gasteiger partial charge is 0.266 e. The molecule has 1 amide bonds. The first-order valence-corrected chi connectivity index (χ1v) is 6.60. The molecule has 0 saturated heterocycles. The summed E-state index contributed by atoms with van der Waals surface area (Å²) in [5.41, 5.74) is 6.03. The maximum Gasteiger partial charge on any atom is 0.266 e. The minimum atomic E-state index is -1.17. The molecule has 2 heterocycles. The Labute approximate surface area is 118 Å². The number of benzene rings is 1. The van der Waals surface area contributed by atoms with Gasteiger partial charge in [0.15, 0.2) is 0 Å². The van der Waals surface area contributed by atoms with Gasteiger partial charge in [-0.15, -0.1) is 0 Å². The average molecular weight is 319 g/mol. The first-order chi connectivity index (χ1) is 9.13. The van der Waals surface area contributed by atoms with Crippen LogP contribution in [0.3, 0.4) is 0 Å². The molecular weight excluding hydrogens is 308 g/mol. The zero-order chi connectivity index (χ0) is 13.5. The van der Waals surface area contributed by atoms with Gasteiger partial charge in [-0.3, -0.25) is 4.79 Å². The molecule has 3 rings (SSSR count). The average Bonchev–Trinajstić information content (AvgIpc) is 2.82. The molecule has 0 fully saturated rings. The van der Waals surface area contributed by atoms with E-state index in [0.717, 1.165) is 15.6 Å². The summed E-state index contributed by atoms with van der Waals surface area (Å²) in [7, 11) is 0. The van der Waals surface area contributed by atoms with E-state index in [2.05, 4.69) is 20.9 Å². The van der Waals surface area contributed by atoms with Crippen LogP contribution in [0, 0.1) is 0 Å². The molecule has 1 atom stereocenters. The van der Waals surface area contributed by atoms with Crippen molar-refractivity contribution in [3.63, 3.8) is 0 Å². The molecule has 96 valence electrons. The lowest BCUT2D eigenvalue weighted by Gasteiger charge is -2.25. The van der Waals surface area contributed by atoms with Gasteiger partial charge in [0.05, 0.1) is 0 Å². The van der Waals surface area contributed by atoms with Crippen LogP contribution >= 0.6 is 15.9 Å². The second-order valence-corrected chi connectivity index (χ2v) is 5.27. The van der Waals surface area contributed by atoms with Gasteiger partial charge in [-0.25, -0.2) is 4.98 Å². The van der Waals surface area contributed by atoms with Crippen LogP contribution in [0.25, 0.3) is 0 Å². The van der Waals surface area contributed by atoms with Crippen LogP contribution in [-0.2, 0) is 16.8 Å². The Hall–Kier alpha value is -1.88. The molecule has 1 aliphatic rings. The van der Waals surface area contributed by atoms with Crippen molar-refractivity contribution < 1.29 is 9.53 Å². The van der Waals surface area contributed by atoms with Gasteiger partial charge in [0.1, 0.15) is 0 Å². The summed E-state index contributed by atoms with van der Waals surface area (Å²) in [6.45, 7) is 0. The number of hydrogen-bond acceptors (Lipinski definition) is 3. The Kier molecular flexibility index (Phi) is 2.78. The Morgan fingerprint density at radius 2 is 2.05 bits per heavy atom. The fourth-order valence-corrected chi connectivity index (χ4v) is 2.73. The van der Waals surface area contributed by atoms with Crippen LogP contribution in [0.4, 0.5) is 0 Å². The Morgan fingerprint density at radius 1 is 1.32 bits per heavy atom. The monoisotopic (exact) mass is 318 g/mol.